The Bertz CT molecular complexity index is 1510. The van der Waals surface area contributed by atoms with Crippen molar-refractivity contribution in [2.75, 3.05) is 13.2 Å². The van der Waals surface area contributed by atoms with Crippen molar-refractivity contribution in [1.29, 1.82) is 0 Å². The Morgan fingerprint density at radius 1 is 0.880 bits per heavy atom. The molecule has 1 aliphatic heterocycles. The second kappa shape index (κ2) is 16.9. The second-order valence-electron chi connectivity index (χ2n) is 15.1. The Morgan fingerprint density at radius 3 is 2.12 bits per heavy atom. The largest absolute Gasteiger partial charge is 0.491 e. The summed E-state index contributed by atoms with van der Waals surface area (Å²) in [5.41, 5.74) is 0.843. The molecule has 1 unspecified atom stereocenters. The molecule has 1 aliphatic rings. The molecule has 0 saturated carbocycles. The van der Waals surface area contributed by atoms with Gasteiger partial charge in [-0.25, -0.2) is 4.79 Å². The number of hydrogen-bond donors (Lipinski definition) is 3. The lowest BCUT2D eigenvalue weighted by molar-refractivity contribution is -0.156. The number of nitrogens with one attached hydrogen (secondary N) is 3. The van der Waals surface area contributed by atoms with Crippen molar-refractivity contribution in [1.82, 2.24) is 20.9 Å². The van der Waals surface area contributed by atoms with Crippen LogP contribution in [0.4, 0.5) is 4.79 Å². The SMILES string of the molecule is CC(=O)N[C@@H](CC(=O)OC(C)(C)C)C(=O)N[C@@H](CCc1ccccc1)C(=O)NCc1cc(OCC2(C)CCN2C(=O)OC(C)(C)C)ccc1C. The van der Waals surface area contributed by atoms with Gasteiger partial charge < -0.3 is 30.2 Å². The molecule has 0 bridgehead atoms. The predicted octanol–water partition coefficient (Wildman–Crippen LogP) is 4.74. The van der Waals surface area contributed by atoms with Gasteiger partial charge in [-0.05, 0) is 103 Å². The lowest BCUT2D eigenvalue weighted by atomic mass is 9.88. The van der Waals surface area contributed by atoms with Gasteiger partial charge >= 0.3 is 12.1 Å². The number of aryl methyl sites for hydroxylation is 2. The average molecular weight is 695 g/mol. The van der Waals surface area contributed by atoms with Gasteiger partial charge in [0, 0.05) is 20.0 Å². The molecular formula is C38H54N4O8. The Kier molecular flexibility index (Phi) is 13.4. The number of hydrogen-bond acceptors (Lipinski definition) is 8. The van der Waals surface area contributed by atoms with Gasteiger partial charge in [0.1, 0.15) is 35.6 Å². The number of benzene rings is 2. The van der Waals surface area contributed by atoms with E-state index in [9.17, 15) is 24.0 Å². The van der Waals surface area contributed by atoms with Crippen LogP contribution < -0.4 is 20.7 Å². The number of esters is 1. The van der Waals surface area contributed by atoms with Gasteiger partial charge in [-0.2, -0.15) is 0 Å². The zero-order chi connectivity index (χ0) is 37.3. The number of ether oxygens (including phenoxy) is 3. The van der Waals surface area contributed by atoms with Gasteiger partial charge in [0.2, 0.25) is 17.7 Å². The maximum absolute atomic E-state index is 13.6. The molecule has 0 radical (unpaired) electrons. The molecule has 2 aromatic rings. The third kappa shape index (κ3) is 12.7. The molecule has 4 amide bonds. The van der Waals surface area contributed by atoms with Gasteiger partial charge in [0.05, 0.1) is 12.0 Å². The average Bonchev–Trinajstić information content (AvgIpc) is 2.99. The first-order chi connectivity index (χ1) is 23.2. The highest BCUT2D eigenvalue weighted by molar-refractivity contribution is 5.94. The van der Waals surface area contributed by atoms with Crippen LogP contribution in [0.3, 0.4) is 0 Å². The Balaban J connectivity index is 1.70. The molecule has 0 spiro atoms. The van der Waals surface area contributed by atoms with Gasteiger partial charge in [0.15, 0.2) is 0 Å². The fourth-order valence-corrected chi connectivity index (χ4v) is 5.36. The summed E-state index contributed by atoms with van der Waals surface area (Å²) >= 11 is 0. The fourth-order valence-electron chi connectivity index (χ4n) is 5.36. The molecule has 1 fully saturated rings. The molecule has 12 nitrogen and oxygen atoms in total. The standard InChI is InChI=1S/C38H54N4O8/c1-25-15-17-29(48-24-38(9)19-20-42(38)35(47)50-37(6,7)8)21-28(25)23-39-33(45)30(18-16-27-13-11-10-12-14-27)41-34(46)31(40-26(2)43)22-32(44)49-36(3,4)5/h10-15,17,21,30-31H,16,18-20,22-24H2,1-9H3,(H,39,45)(H,40,43)(H,41,46)/t30-,31-,38?/m0/s1. The van der Waals surface area contributed by atoms with E-state index in [-0.39, 0.29) is 25.7 Å². The summed E-state index contributed by atoms with van der Waals surface area (Å²) in [7, 11) is 0. The van der Waals surface area contributed by atoms with Crippen LogP contribution in [0.2, 0.25) is 0 Å². The summed E-state index contributed by atoms with van der Waals surface area (Å²) in [6.45, 7) is 16.8. The van der Waals surface area contributed by atoms with Crippen molar-refractivity contribution in [3.63, 3.8) is 0 Å². The first-order valence-corrected chi connectivity index (χ1v) is 17.1. The number of rotatable bonds is 14. The summed E-state index contributed by atoms with van der Waals surface area (Å²) in [4.78, 5) is 65.9. The number of carbonyl (C=O) groups is 5. The fraction of sp³-hybridized carbons (Fsp3) is 0.553. The minimum Gasteiger partial charge on any atom is -0.491 e. The first-order valence-electron chi connectivity index (χ1n) is 17.1. The normalized spacial score (nSPS) is 17.0. The van der Waals surface area contributed by atoms with Crippen molar-refractivity contribution in [3.05, 3.63) is 65.2 Å². The number of amides is 4. The molecule has 3 atom stereocenters. The second-order valence-corrected chi connectivity index (χ2v) is 15.1. The van der Waals surface area contributed by atoms with E-state index < -0.39 is 58.9 Å². The van der Waals surface area contributed by atoms with E-state index in [1.807, 2.05) is 83.1 Å². The molecular weight excluding hydrogens is 640 g/mol. The monoisotopic (exact) mass is 694 g/mol. The van der Waals surface area contributed by atoms with Crippen molar-refractivity contribution in [3.8, 4) is 5.75 Å². The van der Waals surface area contributed by atoms with Crippen LogP contribution >= 0.6 is 0 Å². The number of likely N-dealkylation sites (tertiary alicyclic amines) is 1. The zero-order valence-electron chi connectivity index (χ0n) is 30.9. The molecule has 2 aromatic carbocycles. The highest BCUT2D eigenvalue weighted by Crippen LogP contribution is 2.33. The first kappa shape index (κ1) is 39.8. The summed E-state index contributed by atoms with van der Waals surface area (Å²) in [6, 6.07) is 13.0. The molecule has 3 rings (SSSR count). The highest BCUT2D eigenvalue weighted by atomic mass is 16.6. The van der Waals surface area contributed by atoms with E-state index in [4.69, 9.17) is 14.2 Å². The van der Waals surface area contributed by atoms with Crippen LogP contribution in [0.15, 0.2) is 48.5 Å². The van der Waals surface area contributed by atoms with Crippen LogP contribution in [-0.4, -0.2) is 76.7 Å². The molecule has 3 N–H and O–H groups in total. The quantitative estimate of drug-likeness (QED) is 0.240. The summed E-state index contributed by atoms with van der Waals surface area (Å²) in [5.74, 6) is -1.66. The van der Waals surface area contributed by atoms with Crippen LogP contribution in [-0.2, 0) is 41.6 Å². The van der Waals surface area contributed by atoms with Crippen molar-refractivity contribution < 1.29 is 38.2 Å². The number of carbonyl (C=O) groups excluding carboxylic acids is 5. The van der Waals surface area contributed by atoms with Gasteiger partial charge in [-0.15, -0.1) is 0 Å². The minimum absolute atomic E-state index is 0.161. The lowest BCUT2D eigenvalue weighted by Crippen LogP contribution is -2.63. The Labute approximate surface area is 296 Å². The summed E-state index contributed by atoms with van der Waals surface area (Å²) in [5, 5.41) is 8.21. The molecule has 1 saturated heterocycles. The Morgan fingerprint density at radius 2 is 1.54 bits per heavy atom. The zero-order valence-corrected chi connectivity index (χ0v) is 30.9. The smallest absolute Gasteiger partial charge is 0.410 e. The molecule has 274 valence electrons. The van der Waals surface area contributed by atoms with E-state index in [1.165, 1.54) is 6.92 Å². The van der Waals surface area contributed by atoms with Crippen molar-refractivity contribution in [2.45, 2.75) is 123 Å². The van der Waals surface area contributed by atoms with E-state index in [2.05, 4.69) is 16.0 Å². The number of nitrogens with zero attached hydrogens (tertiary/aromatic N) is 1. The van der Waals surface area contributed by atoms with Gasteiger partial charge in [-0.1, -0.05) is 36.4 Å². The molecule has 1 heterocycles. The van der Waals surface area contributed by atoms with E-state index in [0.717, 1.165) is 23.1 Å². The lowest BCUT2D eigenvalue weighted by Gasteiger charge is -2.49. The van der Waals surface area contributed by atoms with Crippen molar-refractivity contribution >= 4 is 29.8 Å². The summed E-state index contributed by atoms with van der Waals surface area (Å²) in [6.07, 6.45) is 0.783. The third-order valence-electron chi connectivity index (χ3n) is 8.15. The van der Waals surface area contributed by atoms with Crippen LogP contribution in [0, 0.1) is 6.92 Å². The topological polar surface area (TPSA) is 152 Å². The molecule has 50 heavy (non-hydrogen) atoms. The predicted molar refractivity (Wildman–Crippen MR) is 189 cm³/mol. The third-order valence-corrected chi connectivity index (χ3v) is 8.15. The van der Waals surface area contributed by atoms with E-state index in [1.54, 1.807) is 25.7 Å². The van der Waals surface area contributed by atoms with Gasteiger partial charge in [-0.3, -0.25) is 24.1 Å². The van der Waals surface area contributed by atoms with E-state index >= 15 is 0 Å². The van der Waals surface area contributed by atoms with Crippen molar-refractivity contribution in [2.24, 2.45) is 0 Å². The minimum atomic E-state index is -1.23. The highest BCUT2D eigenvalue weighted by Gasteiger charge is 2.46. The Hall–Kier alpha value is -4.61. The van der Waals surface area contributed by atoms with Gasteiger partial charge in [0.25, 0.3) is 0 Å². The molecule has 0 aromatic heterocycles. The maximum Gasteiger partial charge on any atom is 0.410 e. The van der Waals surface area contributed by atoms with Crippen LogP contribution in [0.5, 0.6) is 5.75 Å². The summed E-state index contributed by atoms with van der Waals surface area (Å²) < 4.78 is 17.1. The molecule has 12 heteroatoms. The van der Waals surface area contributed by atoms with Crippen LogP contribution in [0.1, 0.15) is 91.3 Å². The van der Waals surface area contributed by atoms with E-state index in [0.29, 0.717) is 18.7 Å². The maximum atomic E-state index is 13.6. The van der Waals surface area contributed by atoms with Crippen LogP contribution in [0.25, 0.3) is 0 Å². The molecule has 0 aliphatic carbocycles.